The standard InChI is InChI=1S/C47H67N15O12S2/c48-28-23-75-76-24-34(46(74)62-19-5-9-35(62)45(73)58-29(8-4-18-54-47(52)53)40(68)55-22-38(51)66)61-42(70)31(15-17-37(50)65)56-41(69)30(14-16-36(49)64)57-43(71)33(20-25-6-2-1-3-7-25)60-44(72)32(59-39(28)67)21-26-10-12-27(63)13-11-26/h1-3,6-7,10-13,28-35,63H,4-5,8-9,14-24,48H2,(H2,49,64)(H2,50,65)(H2,51,66)(H,55,68)(H,56,69)(H,57,71)(H,58,73)(H,59,67)(H,60,72)(H,61,70)(H4,52,53,54)/t28-,29-,30-,31-,32-,33-,34-,35?/m0/s1. The Morgan fingerprint density at radius 2 is 1.21 bits per heavy atom. The molecule has 11 amide bonds. The maximum atomic E-state index is 14.7. The van der Waals surface area contributed by atoms with Gasteiger partial charge in [0.25, 0.3) is 0 Å². The number of hydrogen-bond acceptors (Lipinski definition) is 16. The molecule has 2 fully saturated rings. The van der Waals surface area contributed by atoms with E-state index in [1.165, 1.54) is 29.2 Å². The second kappa shape index (κ2) is 30.6. The van der Waals surface area contributed by atoms with E-state index in [0.717, 1.165) is 21.6 Å². The van der Waals surface area contributed by atoms with E-state index in [1.54, 1.807) is 30.3 Å². The number of benzene rings is 2. The average Bonchev–Trinajstić information content (AvgIpc) is 3.87. The third kappa shape index (κ3) is 20.6. The van der Waals surface area contributed by atoms with Crippen LogP contribution < -0.4 is 71.6 Å². The van der Waals surface area contributed by atoms with E-state index in [2.05, 4.69) is 42.2 Å². The zero-order valence-electron chi connectivity index (χ0n) is 41.5. The van der Waals surface area contributed by atoms with Gasteiger partial charge in [-0.25, -0.2) is 0 Å². The van der Waals surface area contributed by atoms with Crippen LogP contribution in [0.25, 0.3) is 0 Å². The highest BCUT2D eigenvalue weighted by molar-refractivity contribution is 8.76. The summed E-state index contributed by atoms with van der Waals surface area (Å²) in [5, 5.41) is 27.9. The van der Waals surface area contributed by atoms with Crippen LogP contribution in [0.3, 0.4) is 0 Å². The molecule has 1 unspecified atom stereocenters. The first-order chi connectivity index (χ1) is 36.1. The Morgan fingerprint density at radius 1 is 0.684 bits per heavy atom. The fourth-order valence-corrected chi connectivity index (χ4v) is 10.2. The lowest BCUT2D eigenvalue weighted by Crippen LogP contribution is -2.61. The van der Waals surface area contributed by atoms with Crippen LogP contribution in [0, 0.1) is 0 Å². The van der Waals surface area contributed by atoms with Crippen LogP contribution in [0.5, 0.6) is 5.75 Å². The number of phenolic OH excluding ortho intramolecular Hbond substituents is 1. The minimum absolute atomic E-state index is 0.00645. The second-order valence-corrected chi connectivity index (χ2v) is 20.5. The molecule has 0 aliphatic carbocycles. The monoisotopic (exact) mass is 1100 g/mol. The number of likely N-dealkylation sites (tertiary alicyclic amines) is 1. The molecule has 2 aromatic carbocycles. The molecule has 0 radical (unpaired) electrons. The van der Waals surface area contributed by atoms with Crippen LogP contribution in [0.15, 0.2) is 59.6 Å². The average molecular weight is 1100 g/mol. The van der Waals surface area contributed by atoms with Crippen LogP contribution in [0.4, 0.5) is 0 Å². The summed E-state index contributed by atoms with van der Waals surface area (Å²) < 4.78 is 0. The Bertz CT molecular complexity index is 2430. The number of carbonyl (C=O) groups is 11. The van der Waals surface area contributed by atoms with Gasteiger partial charge in [-0.3, -0.25) is 57.7 Å². The lowest BCUT2D eigenvalue weighted by atomic mass is 10.0. The van der Waals surface area contributed by atoms with Crippen molar-refractivity contribution >= 4 is 92.5 Å². The highest BCUT2D eigenvalue weighted by atomic mass is 33.1. The fourth-order valence-electron chi connectivity index (χ4n) is 7.94. The van der Waals surface area contributed by atoms with Crippen molar-refractivity contribution in [3.8, 4) is 5.75 Å². The molecule has 76 heavy (non-hydrogen) atoms. The zero-order valence-corrected chi connectivity index (χ0v) is 43.2. The van der Waals surface area contributed by atoms with Gasteiger partial charge in [-0.05, 0) is 61.8 Å². The van der Waals surface area contributed by atoms with Crippen LogP contribution in [-0.2, 0) is 65.6 Å². The van der Waals surface area contributed by atoms with E-state index < -0.39 is 146 Å². The number of guanidine groups is 1. The molecular weight excluding hydrogens is 1030 g/mol. The smallest absolute Gasteiger partial charge is 0.246 e. The fraction of sp³-hybridized carbons (Fsp3) is 0.489. The molecule has 2 heterocycles. The van der Waals surface area contributed by atoms with Crippen LogP contribution >= 0.6 is 21.6 Å². The maximum absolute atomic E-state index is 14.7. The van der Waals surface area contributed by atoms with Crippen LogP contribution in [0.1, 0.15) is 62.5 Å². The number of aromatic hydroxyl groups is 1. The van der Waals surface area contributed by atoms with Gasteiger partial charge in [-0.2, -0.15) is 0 Å². The Balaban J connectivity index is 1.72. The summed E-state index contributed by atoms with van der Waals surface area (Å²) >= 11 is 0. The van der Waals surface area contributed by atoms with E-state index >= 15 is 0 Å². The number of rotatable bonds is 20. The molecule has 29 heteroatoms. The van der Waals surface area contributed by atoms with Gasteiger partial charge in [0.15, 0.2) is 5.96 Å². The van der Waals surface area contributed by atoms with Gasteiger partial charge in [0.05, 0.1) is 12.6 Å². The molecule has 0 spiro atoms. The maximum Gasteiger partial charge on any atom is 0.246 e. The quantitative estimate of drug-likeness (QED) is 0.0255. The minimum atomic E-state index is -1.61. The molecule has 2 saturated heterocycles. The third-order valence-electron chi connectivity index (χ3n) is 11.9. The Hall–Kier alpha value is -7.66. The number of primary amides is 3. The number of nitrogens with two attached hydrogens (primary N) is 6. The summed E-state index contributed by atoms with van der Waals surface area (Å²) in [5.74, 6) is -10.00. The zero-order chi connectivity index (χ0) is 55.9. The lowest BCUT2D eigenvalue weighted by molar-refractivity contribution is -0.142. The van der Waals surface area contributed by atoms with Crippen molar-refractivity contribution in [2.24, 2.45) is 39.4 Å². The van der Waals surface area contributed by atoms with Crippen molar-refractivity contribution in [3.63, 3.8) is 0 Å². The van der Waals surface area contributed by atoms with E-state index in [-0.39, 0.29) is 68.4 Å². The topological polar surface area (TPSA) is 464 Å². The van der Waals surface area contributed by atoms with Crippen LogP contribution in [0.2, 0.25) is 0 Å². The number of amides is 11. The van der Waals surface area contributed by atoms with Crippen LogP contribution in [-0.4, -0.2) is 160 Å². The largest absolute Gasteiger partial charge is 0.508 e. The second-order valence-electron chi connectivity index (χ2n) is 17.9. The van der Waals surface area contributed by atoms with Gasteiger partial charge >= 0.3 is 0 Å². The summed E-state index contributed by atoms with van der Waals surface area (Å²) in [5.41, 5.74) is 34.4. The van der Waals surface area contributed by atoms with Crippen molar-refractivity contribution < 1.29 is 57.8 Å². The molecule has 4 rings (SSSR count). The molecule has 2 aliphatic rings. The molecule has 414 valence electrons. The third-order valence-corrected chi connectivity index (χ3v) is 14.4. The molecule has 0 saturated carbocycles. The highest BCUT2D eigenvalue weighted by Gasteiger charge is 2.40. The Kier molecular flexibility index (Phi) is 24.6. The number of hydrogen-bond donors (Lipinski definition) is 14. The lowest BCUT2D eigenvalue weighted by Gasteiger charge is -2.31. The summed E-state index contributed by atoms with van der Waals surface area (Å²) in [7, 11) is 2.03. The van der Waals surface area contributed by atoms with Gasteiger partial charge < -0.3 is 81.6 Å². The molecule has 27 nitrogen and oxygen atoms in total. The highest BCUT2D eigenvalue weighted by Crippen LogP contribution is 2.26. The number of aliphatic imine (C=N–C) groups is 1. The van der Waals surface area contributed by atoms with E-state index in [0.29, 0.717) is 17.5 Å². The number of phenols is 1. The van der Waals surface area contributed by atoms with Crippen molar-refractivity contribution in [3.05, 3.63) is 65.7 Å². The molecule has 2 aliphatic heterocycles. The molecule has 2 aromatic rings. The number of carbonyl (C=O) groups excluding carboxylic acids is 11. The molecular formula is C47H67N15O12S2. The van der Waals surface area contributed by atoms with Gasteiger partial charge in [-0.15, -0.1) is 0 Å². The summed E-state index contributed by atoms with van der Waals surface area (Å²) in [6.07, 6.45) is -1.33. The first kappa shape index (κ1) is 60.9. The predicted molar refractivity (Wildman–Crippen MR) is 280 cm³/mol. The van der Waals surface area contributed by atoms with Gasteiger partial charge in [-0.1, -0.05) is 64.1 Å². The van der Waals surface area contributed by atoms with E-state index in [9.17, 15) is 57.8 Å². The van der Waals surface area contributed by atoms with Gasteiger partial charge in [0.2, 0.25) is 65.0 Å². The van der Waals surface area contributed by atoms with Gasteiger partial charge in [0, 0.05) is 50.3 Å². The predicted octanol–water partition coefficient (Wildman–Crippen LogP) is -5.01. The summed E-state index contributed by atoms with van der Waals surface area (Å²) in [4.78, 5) is 154. The van der Waals surface area contributed by atoms with E-state index in [4.69, 9.17) is 34.4 Å². The molecule has 0 aromatic heterocycles. The first-order valence-electron chi connectivity index (χ1n) is 24.2. The van der Waals surface area contributed by atoms with Crippen molar-refractivity contribution in [1.29, 1.82) is 0 Å². The SMILES string of the molecule is NC(=O)CC[C@@H]1NC(=O)[C@H](Cc2ccccc2)NC(=O)[C@H](Cc2ccc(O)cc2)NC(=O)[C@@H](N)CSSC[C@@H](C(=O)N2CCCC2C(=O)N[C@@H](CCCN=C(N)N)C(=O)NCC(N)=O)NC(=O)[C@H](CCC(N)=O)NC1=O. The number of nitrogens with zero attached hydrogens (tertiary/aromatic N) is 2. The normalized spacial score (nSPS) is 22.5. The first-order valence-corrected chi connectivity index (χ1v) is 26.7. The van der Waals surface area contributed by atoms with Crippen molar-refractivity contribution in [1.82, 2.24) is 42.1 Å². The number of nitrogens with one attached hydrogen (secondary N) is 7. The summed E-state index contributed by atoms with van der Waals surface area (Å²) in [6, 6.07) is 3.17. The molecule has 8 atom stereocenters. The summed E-state index contributed by atoms with van der Waals surface area (Å²) in [6.45, 7) is -0.421. The Morgan fingerprint density at radius 3 is 1.78 bits per heavy atom. The minimum Gasteiger partial charge on any atom is -0.508 e. The van der Waals surface area contributed by atoms with Gasteiger partial charge in [0.1, 0.15) is 48.0 Å². The Labute approximate surface area is 445 Å². The molecule has 0 bridgehead atoms. The molecule has 20 N–H and O–H groups in total. The van der Waals surface area contributed by atoms with E-state index in [1.807, 2.05) is 0 Å². The van der Waals surface area contributed by atoms with Crippen molar-refractivity contribution in [2.75, 3.05) is 31.1 Å². The van der Waals surface area contributed by atoms with Crippen molar-refractivity contribution in [2.45, 2.75) is 113 Å².